The second-order valence-corrected chi connectivity index (χ2v) is 37.6. The highest BCUT2D eigenvalue weighted by atomic mass is 80.0. The Hall–Kier alpha value is 2.74. The molecule has 0 rings (SSSR count). The zero-order chi connectivity index (χ0) is 16.1. The van der Waals surface area contributed by atoms with Crippen LogP contribution in [0.1, 0.15) is 65.2 Å². The molecule has 0 spiro atoms. The summed E-state index contributed by atoms with van der Waals surface area (Å²) >= 11 is 27.9. The van der Waals surface area contributed by atoms with Gasteiger partial charge < -0.3 is 0 Å². The zero-order valence-electron chi connectivity index (χ0n) is 12.3. The Morgan fingerprint density at radius 3 is 1.35 bits per heavy atom. The van der Waals surface area contributed by atoms with Gasteiger partial charge in [0.05, 0.1) is 0 Å². The monoisotopic (exact) mass is 568 g/mol. The molecule has 0 nitrogen and oxygen atoms in total. The van der Waals surface area contributed by atoms with Crippen LogP contribution in [0, 0.1) is 0 Å². The third kappa shape index (κ3) is 28.8. The van der Waals surface area contributed by atoms with Crippen LogP contribution in [0.4, 0.5) is 0 Å². The molecule has 0 aromatic carbocycles. The Morgan fingerprint density at radius 1 is 0.650 bits per heavy atom. The second-order valence-electron chi connectivity index (χ2n) is 4.85. The zero-order valence-corrected chi connectivity index (χ0v) is 21.4. The Labute approximate surface area is 164 Å². The van der Waals surface area contributed by atoms with E-state index in [1.807, 2.05) is 0 Å². The number of unbranched alkanes of at least 4 members (excludes halogenated alkanes) is 6. The van der Waals surface area contributed by atoms with Crippen LogP contribution in [0.15, 0.2) is 0 Å². The van der Waals surface area contributed by atoms with Crippen LogP contribution < -0.4 is 0 Å². The fraction of sp³-hybridized carbons (Fsp3) is 1.00. The van der Waals surface area contributed by atoms with E-state index >= 15 is 0 Å². The average molecular weight is 573 g/mol. The molecule has 0 aliphatic rings. The van der Waals surface area contributed by atoms with E-state index in [-0.39, 0.29) is 0 Å². The van der Waals surface area contributed by atoms with E-state index in [1.54, 1.807) is 0 Å². The first-order valence-corrected chi connectivity index (χ1v) is 21.5. The highest BCUT2D eigenvalue weighted by Gasteiger charge is 2.23. The lowest BCUT2D eigenvalue weighted by molar-refractivity contribution is 0.700. The Bertz CT molecular complexity index is 187. The smallest absolute Gasteiger partial charge is 0.126 e. The maximum Gasteiger partial charge on any atom is 0.341 e. The molecular formula is C12H26Br3Cl3Si2. The van der Waals surface area contributed by atoms with Crippen molar-refractivity contribution in [3.63, 3.8) is 0 Å². The Kier molecular flexibility index (Phi) is 19.1. The van der Waals surface area contributed by atoms with E-state index in [1.165, 1.54) is 51.0 Å². The number of hydrogen-bond acceptors (Lipinski definition) is 0. The second kappa shape index (κ2) is 15.3. The van der Waals surface area contributed by atoms with Crippen molar-refractivity contribution in [2.45, 2.75) is 77.3 Å². The minimum atomic E-state index is -2.29. The molecule has 20 heavy (non-hydrogen) atoms. The third-order valence-electron chi connectivity index (χ3n) is 2.63. The first-order chi connectivity index (χ1) is 9.12. The first-order valence-electron chi connectivity index (χ1n) is 7.26. The average Bonchev–Trinajstić information content (AvgIpc) is 2.29. The molecule has 8 heteroatoms. The van der Waals surface area contributed by atoms with Crippen molar-refractivity contribution in [2.75, 3.05) is 0 Å². The number of halogens is 6. The van der Waals surface area contributed by atoms with E-state index in [0.29, 0.717) is 0 Å². The summed E-state index contributed by atoms with van der Waals surface area (Å²) < 4.78 is -1.27. The summed E-state index contributed by atoms with van der Waals surface area (Å²) in [6.07, 6.45) is 10.2. The van der Waals surface area contributed by atoms with E-state index < -0.39 is 9.93 Å². The molecule has 0 N–H and O–H groups in total. The lowest BCUT2D eigenvalue weighted by atomic mass is 10.2. The van der Waals surface area contributed by atoms with E-state index in [2.05, 4.69) is 59.7 Å². The fourth-order valence-corrected chi connectivity index (χ4v) is 6.53. The first kappa shape index (κ1) is 25.0. The quantitative estimate of drug-likeness (QED) is 0.139. The molecule has 0 saturated carbocycles. The van der Waals surface area contributed by atoms with Crippen LogP contribution in [-0.4, -0.2) is 9.93 Å². The molecule has 0 unspecified atom stereocenters. The maximum absolute atomic E-state index is 5.68. The van der Waals surface area contributed by atoms with Gasteiger partial charge in [-0.15, -0.1) is 33.2 Å². The topological polar surface area (TPSA) is 0 Å². The molecule has 0 aromatic heterocycles. The van der Waals surface area contributed by atoms with Crippen LogP contribution in [-0.2, 0) is 0 Å². The van der Waals surface area contributed by atoms with Crippen LogP contribution >= 0.6 is 79.1 Å². The van der Waals surface area contributed by atoms with E-state index in [4.69, 9.17) is 33.2 Å². The molecule has 0 saturated heterocycles. The fourth-order valence-electron chi connectivity index (χ4n) is 1.50. The van der Waals surface area contributed by atoms with Crippen molar-refractivity contribution in [3.05, 3.63) is 0 Å². The van der Waals surface area contributed by atoms with Gasteiger partial charge in [-0.25, -0.2) is 0 Å². The summed E-state index contributed by atoms with van der Waals surface area (Å²) in [6.45, 7) is 4.41. The molecule has 0 heterocycles. The molecule has 124 valence electrons. The summed E-state index contributed by atoms with van der Waals surface area (Å²) in [5, 5.41) is 0. The van der Waals surface area contributed by atoms with Crippen molar-refractivity contribution in [2.24, 2.45) is 0 Å². The van der Waals surface area contributed by atoms with Crippen molar-refractivity contribution in [1.29, 1.82) is 0 Å². The minimum absolute atomic E-state index is 0.817. The van der Waals surface area contributed by atoms with Crippen LogP contribution in [0.3, 0.4) is 0 Å². The standard InChI is InChI=1S/C6H13Br3Si.C6H13Cl3Si/c2*1-2-3-4-5-6-10(7,8)9/h2*2-6H2,1H3. The van der Waals surface area contributed by atoms with Crippen molar-refractivity contribution in [3.8, 4) is 0 Å². The molecule has 0 fully saturated rings. The van der Waals surface area contributed by atoms with Crippen LogP contribution in [0.25, 0.3) is 0 Å². The predicted molar refractivity (Wildman–Crippen MR) is 114 cm³/mol. The van der Waals surface area contributed by atoms with Gasteiger partial charge in [-0.05, 0) is 12.1 Å². The van der Waals surface area contributed by atoms with Gasteiger partial charge in [0.1, 0.15) is 0 Å². The normalized spacial score (nSPS) is 12.0. The molecule has 0 amide bonds. The van der Waals surface area contributed by atoms with E-state index in [0.717, 1.165) is 12.5 Å². The molecule has 0 aliphatic heterocycles. The predicted octanol–water partition coefficient (Wildman–Crippen LogP) is 8.91. The lowest BCUT2D eigenvalue weighted by Crippen LogP contribution is -2.07. The molecule has 0 aliphatic carbocycles. The lowest BCUT2D eigenvalue weighted by Gasteiger charge is -2.07. The molecule has 0 aromatic rings. The van der Waals surface area contributed by atoms with Gasteiger partial charge in [-0.3, -0.25) is 0 Å². The van der Waals surface area contributed by atoms with Gasteiger partial charge in [0.25, 0.3) is 3.93 Å². The number of rotatable bonds is 10. The largest absolute Gasteiger partial charge is 0.341 e. The van der Waals surface area contributed by atoms with Gasteiger partial charge in [0.15, 0.2) is 0 Å². The van der Waals surface area contributed by atoms with E-state index in [9.17, 15) is 0 Å². The van der Waals surface area contributed by atoms with Gasteiger partial charge >= 0.3 is 6.00 Å². The van der Waals surface area contributed by atoms with Gasteiger partial charge in [-0.2, -0.15) is 0 Å². The summed E-state index contributed by atoms with van der Waals surface area (Å²) in [7, 11) is 0. The number of hydrogen-bond donors (Lipinski definition) is 0. The molecule has 0 atom stereocenters. The van der Waals surface area contributed by atoms with Crippen LogP contribution in [0.5, 0.6) is 0 Å². The highest BCUT2D eigenvalue weighted by Crippen LogP contribution is 2.33. The minimum Gasteiger partial charge on any atom is -0.126 e. The highest BCUT2D eigenvalue weighted by molar-refractivity contribution is 9.72. The summed E-state index contributed by atoms with van der Waals surface area (Å²) in [6, 6.07) is -0.203. The summed E-state index contributed by atoms with van der Waals surface area (Å²) in [5.41, 5.74) is 0. The Balaban J connectivity index is 0. The van der Waals surface area contributed by atoms with Gasteiger partial charge in [0, 0.05) is 0 Å². The third-order valence-corrected chi connectivity index (χ3v) is 9.74. The van der Waals surface area contributed by atoms with Crippen molar-refractivity contribution >= 4 is 89.0 Å². The Morgan fingerprint density at radius 2 is 1.05 bits per heavy atom. The molecule has 0 bridgehead atoms. The SMILES string of the molecule is CCCCCC[Si](Br)(Br)Br.CCCCCC[Si](Cl)(Cl)Cl. The summed E-state index contributed by atoms with van der Waals surface area (Å²) in [5.74, 6) is 0. The van der Waals surface area contributed by atoms with Crippen molar-refractivity contribution in [1.82, 2.24) is 0 Å². The van der Waals surface area contributed by atoms with Gasteiger partial charge in [0.2, 0.25) is 0 Å². The summed E-state index contributed by atoms with van der Waals surface area (Å²) in [4.78, 5) is 0. The molecular weight excluding hydrogens is 546 g/mol. The van der Waals surface area contributed by atoms with Crippen LogP contribution in [0.2, 0.25) is 12.1 Å². The van der Waals surface area contributed by atoms with Crippen molar-refractivity contribution < 1.29 is 0 Å². The molecule has 0 radical (unpaired) electrons. The van der Waals surface area contributed by atoms with Gasteiger partial charge in [-0.1, -0.05) is 111 Å². The maximum atomic E-state index is 5.68.